The Morgan fingerprint density at radius 2 is 2.04 bits per heavy atom. The number of likely N-dealkylation sites (tertiary alicyclic amines) is 1. The fraction of sp³-hybridized carbons (Fsp3) is 0.421. The number of hydrogen-bond acceptors (Lipinski definition) is 3. The van der Waals surface area contributed by atoms with Crippen LogP contribution in [-0.2, 0) is 11.2 Å². The van der Waals surface area contributed by atoms with Crippen LogP contribution in [0.25, 0.3) is 0 Å². The van der Waals surface area contributed by atoms with Crippen LogP contribution in [0.5, 0.6) is 0 Å². The lowest BCUT2D eigenvalue weighted by Crippen LogP contribution is -2.31. The molecule has 0 spiro atoms. The van der Waals surface area contributed by atoms with Crippen LogP contribution in [0.3, 0.4) is 0 Å². The highest BCUT2D eigenvalue weighted by Gasteiger charge is 2.29. The number of H-pyrrole nitrogens is 1. The van der Waals surface area contributed by atoms with Crippen molar-refractivity contribution in [3.05, 3.63) is 63.1 Å². The van der Waals surface area contributed by atoms with Gasteiger partial charge in [-0.3, -0.25) is 4.79 Å². The molecule has 1 amide bonds. The van der Waals surface area contributed by atoms with E-state index in [-0.39, 0.29) is 23.5 Å². The van der Waals surface area contributed by atoms with Crippen LogP contribution < -0.4 is 5.69 Å². The van der Waals surface area contributed by atoms with E-state index in [1.807, 2.05) is 11.8 Å². The quantitative estimate of drug-likeness (QED) is 0.928. The number of rotatable bonds is 4. The summed E-state index contributed by atoms with van der Waals surface area (Å²) < 4.78 is 13.1. The molecule has 0 aliphatic carbocycles. The van der Waals surface area contributed by atoms with E-state index in [0.717, 1.165) is 36.2 Å². The molecule has 1 aromatic carbocycles. The maximum Gasteiger partial charge on any atom is 0.345 e. The minimum atomic E-state index is -0.360. The van der Waals surface area contributed by atoms with Gasteiger partial charge >= 0.3 is 5.69 Å². The highest BCUT2D eigenvalue weighted by atomic mass is 19.1. The molecule has 1 aliphatic heterocycles. The van der Waals surface area contributed by atoms with E-state index in [4.69, 9.17) is 0 Å². The zero-order valence-corrected chi connectivity index (χ0v) is 14.5. The van der Waals surface area contributed by atoms with Gasteiger partial charge in [0.1, 0.15) is 5.82 Å². The summed E-state index contributed by atoms with van der Waals surface area (Å²) in [4.78, 5) is 32.6. The smallest absolute Gasteiger partial charge is 0.336 e. The van der Waals surface area contributed by atoms with Gasteiger partial charge in [0.05, 0.1) is 6.04 Å². The number of hydrogen-bond donors (Lipinski definition) is 1. The normalized spacial score (nSPS) is 17.1. The Kier molecular flexibility index (Phi) is 4.97. The van der Waals surface area contributed by atoms with Gasteiger partial charge in [-0.15, -0.1) is 0 Å². The standard InChI is InChI=1S/C19H22FN3O2/c1-12-16(13(2)22-19(25)21-12)9-10-18(24)23-11-3-4-17(23)14-5-7-15(20)8-6-14/h5-8,17H,3-4,9-11H2,1-2H3,(H,21,22,25)/t17-/m0/s1. The van der Waals surface area contributed by atoms with Crippen molar-refractivity contribution in [3.63, 3.8) is 0 Å². The van der Waals surface area contributed by atoms with Gasteiger partial charge in [-0.2, -0.15) is 4.98 Å². The van der Waals surface area contributed by atoms with Crippen molar-refractivity contribution in [2.75, 3.05) is 6.54 Å². The number of carbonyl (C=O) groups excluding carboxylic acids is 1. The van der Waals surface area contributed by atoms with Crippen molar-refractivity contribution in [3.8, 4) is 0 Å². The third kappa shape index (κ3) is 3.78. The lowest BCUT2D eigenvalue weighted by atomic mass is 10.0. The molecule has 3 rings (SSSR count). The van der Waals surface area contributed by atoms with E-state index in [1.165, 1.54) is 12.1 Å². The molecule has 1 aromatic heterocycles. The van der Waals surface area contributed by atoms with Crippen LogP contribution >= 0.6 is 0 Å². The number of carbonyl (C=O) groups is 1. The summed E-state index contributed by atoms with van der Waals surface area (Å²) in [6.45, 7) is 4.34. The van der Waals surface area contributed by atoms with E-state index >= 15 is 0 Å². The Balaban J connectivity index is 1.70. The van der Waals surface area contributed by atoms with Crippen molar-refractivity contribution in [1.29, 1.82) is 0 Å². The summed E-state index contributed by atoms with van der Waals surface area (Å²) >= 11 is 0. The number of halogens is 1. The highest BCUT2D eigenvalue weighted by molar-refractivity contribution is 5.77. The third-order valence-electron chi connectivity index (χ3n) is 4.87. The van der Waals surface area contributed by atoms with Gasteiger partial charge in [0.25, 0.3) is 0 Å². The second kappa shape index (κ2) is 7.17. The third-order valence-corrected chi connectivity index (χ3v) is 4.87. The summed E-state index contributed by atoms with van der Waals surface area (Å²) in [5.41, 5.74) is 2.98. The average Bonchev–Trinajstić information content (AvgIpc) is 3.04. The first-order chi connectivity index (χ1) is 12.0. The molecule has 6 heteroatoms. The molecule has 132 valence electrons. The molecule has 2 aromatic rings. The Bertz CT molecular complexity index is 803. The highest BCUT2D eigenvalue weighted by Crippen LogP contribution is 2.32. The Hall–Kier alpha value is -2.50. The number of aromatic amines is 1. The van der Waals surface area contributed by atoms with Crippen LogP contribution in [0.2, 0.25) is 0 Å². The Morgan fingerprint density at radius 3 is 2.72 bits per heavy atom. The van der Waals surface area contributed by atoms with Gasteiger partial charge in [0, 0.05) is 24.4 Å². The lowest BCUT2D eigenvalue weighted by molar-refractivity contribution is -0.132. The van der Waals surface area contributed by atoms with Crippen molar-refractivity contribution in [1.82, 2.24) is 14.9 Å². The number of nitrogens with zero attached hydrogens (tertiary/aromatic N) is 2. The number of aromatic nitrogens is 2. The van der Waals surface area contributed by atoms with Gasteiger partial charge in [-0.25, -0.2) is 9.18 Å². The molecule has 0 radical (unpaired) electrons. The predicted octanol–water partition coefficient (Wildman–Crippen LogP) is 2.82. The second-order valence-electron chi connectivity index (χ2n) is 6.53. The van der Waals surface area contributed by atoms with Crippen LogP contribution in [0, 0.1) is 19.7 Å². The van der Waals surface area contributed by atoms with Gasteiger partial charge in [-0.05, 0) is 56.4 Å². The van der Waals surface area contributed by atoms with Crippen LogP contribution in [-0.4, -0.2) is 27.3 Å². The summed E-state index contributed by atoms with van der Waals surface area (Å²) in [5, 5.41) is 0. The van der Waals surface area contributed by atoms with Crippen LogP contribution in [0.15, 0.2) is 29.1 Å². The zero-order chi connectivity index (χ0) is 18.0. The zero-order valence-electron chi connectivity index (χ0n) is 14.5. The molecule has 1 aliphatic rings. The summed E-state index contributed by atoms with van der Waals surface area (Å²) in [6.07, 6.45) is 2.77. The maximum atomic E-state index is 13.1. The van der Waals surface area contributed by atoms with Gasteiger partial charge < -0.3 is 9.88 Å². The minimum Gasteiger partial charge on any atom is -0.336 e. The fourth-order valence-corrected chi connectivity index (χ4v) is 3.60. The van der Waals surface area contributed by atoms with Gasteiger partial charge in [0.15, 0.2) is 0 Å². The first kappa shape index (κ1) is 17.3. The summed E-state index contributed by atoms with van der Waals surface area (Å²) in [5.74, 6) is -0.187. The van der Waals surface area contributed by atoms with E-state index in [0.29, 0.717) is 18.5 Å². The van der Waals surface area contributed by atoms with E-state index in [2.05, 4.69) is 9.97 Å². The van der Waals surface area contributed by atoms with Crippen molar-refractivity contribution < 1.29 is 9.18 Å². The van der Waals surface area contributed by atoms with E-state index in [1.54, 1.807) is 19.1 Å². The first-order valence-corrected chi connectivity index (χ1v) is 8.57. The van der Waals surface area contributed by atoms with Gasteiger partial charge in [0.2, 0.25) is 5.91 Å². The molecule has 5 nitrogen and oxygen atoms in total. The number of aryl methyl sites for hydroxylation is 2. The van der Waals surface area contributed by atoms with Crippen molar-refractivity contribution in [2.45, 2.75) is 45.6 Å². The van der Waals surface area contributed by atoms with Crippen molar-refractivity contribution in [2.24, 2.45) is 0 Å². The van der Waals surface area contributed by atoms with E-state index in [9.17, 15) is 14.0 Å². The summed E-state index contributed by atoms with van der Waals surface area (Å²) in [7, 11) is 0. The lowest BCUT2D eigenvalue weighted by Gasteiger charge is -2.25. The SMILES string of the molecule is Cc1nc(=O)[nH]c(C)c1CCC(=O)N1CCC[C@H]1c1ccc(F)cc1. The Morgan fingerprint density at radius 1 is 1.32 bits per heavy atom. The van der Waals surface area contributed by atoms with Crippen LogP contribution in [0.1, 0.15) is 47.8 Å². The molecule has 0 bridgehead atoms. The molecular formula is C19H22FN3O2. The second-order valence-corrected chi connectivity index (χ2v) is 6.53. The largest absolute Gasteiger partial charge is 0.345 e. The molecule has 1 N–H and O–H groups in total. The van der Waals surface area contributed by atoms with Crippen molar-refractivity contribution >= 4 is 5.91 Å². The molecule has 0 unspecified atom stereocenters. The number of nitrogens with one attached hydrogen (secondary N) is 1. The topological polar surface area (TPSA) is 66.1 Å². The molecular weight excluding hydrogens is 321 g/mol. The summed E-state index contributed by atoms with van der Waals surface area (Å²) in [6, 6.07) is 6.41. The van der Waals surface area contributed by atoms with Crippen LogP contribution in [0.4, 0.5) is 4.39 Å². The monoisotopic (exact) mass is 343 g/mol. The molecule has 1 atom stereocenters. The molecule has 2 heterocycles. The van der Waals surface area contributed by atoms with E-state index < -0.39 is 0 Å². The minimum absolute atomic E-state index is 0.0176. The number of benzene rings is 1. The molecule has 25 heavy (non-hydrogen) atoms. The molecule has 1 saturated heterocycles. The predicted molar refractivity (Wildman–Crippen MR) is 92.7 cm³/mol. The average molecular weight is 343 g/mol. The number of amides is 1. The maximum absolute atomic E-state index is 13.1. The Labute approximate surface area is 145 Å². The first-order valence-electron chi connectivity index (χ1n) is 8.57. The molecule has 1 fully saturated rings. The fourth-order valence-electron chi connectivity index (χ4n) is 3.60. The van der Waals surface area contributed by atoms with Gasteiger partial charge in [-0.1, -0.05) is 12.1 Å². The molecule has 0 saturated carbocycles.